The Hall–Kier alpha value is -1.02. The summed E-state index contributed by atoms with van der Waals surface area (Å²) in [7, 11) is 0. The molecule has 0 amide bonds. The average Bonchev–Trinajstić information content (AvgIpc) is 2.26. The topological polar surface area (TPSA) is 18.5 Å². The minimum Gasteiger partial charge on any atom is -0.485 e. The Morgan fingerprint density at radius 2 is 2.17 bits per heavy atom. The second-order valence-corrected chi connectivity index (χ2v) is 6.10. The van der Waals surface area contributed by atoms with Gasteiger partial charge < -0.3 is 9.47 Å². The Labute approximate surface area is 110 Å². The van der Waals surface area contributed by atoms with Crippen molar-refractivity contribution in [3.8, 4) is 0 Å². The first kappa shape index (κ1) is 13.4. The van der Waals surface area contributed by atoms with Gasteiger partial charge in [0.05, 0.1) is 12.4 Å². The van der Waals surface area contributed by atoms with E-state index >= 15 is 0 Å². The summed E-state index contributed by atoms with van der Waals surface area (Å²) in [6.45, 7) is 13.0. The molecule has 1 unspecified atom stereocenters. The second kappa shape index (κ2) is 4.58. The Balaban J connectivity index is 2.34. The fourth-order valence-corrected chi connectivity index (χ4v) is 3.25. The van der Waals surface area contributed by atoms with Crippen LogP contribution >= 0.6 is 0 Å². The molecule has 0 bridgehead atoms. The van der Waals surface area contributed by atoms with Gasteiger partial charge in [0.25, 0.3) is 0 Å². The molecule has 0 aromatic heterocycles. The summed E-state index contributed by atoms with van der Waals surface area (Å²) in [5.41, 5.74) is 1.20. The lowest BCUT2D eigenvalue weighted by atomic mass is 9.64. The van der Waals surface area contributed by atoms with Crippen molar-refractivity contribution in [2.75, 3.05) is 6.61 Å². The van der Waals surface area contributed by atoms with Gasteiger partial charge in [-0.05, 0) is 43.8 Å². The van der Waals surface area contributed by atoms with Crippen LogP contribution < -0.4 is 0 Å². The fourth-order valence-electron chi connectivity index (χ4n) is 3.25. The highest BCUT2D eigenvalue weighted by atomic mass is 16.6. The molecule has 0 aromatic carbocycles. The van der Waals surface area contributed by atoms with Crippen LogP contribution in [-0.4, -0.2) is 18.3 Å². The molecule has 0 N–H and O–H groups in total. The molecule has 0 saturated heterocycles. The van der Waals surface area contributed by atoms with Gasteiger partial charge >= 0.3 is 0 Å². The molecule has 2 heteroatoms. The first-order valence-electron chi connectivity index (χ1n) is 6.71. The number of allylic oxidation sites excluding steroid dienone is 3. The van der Waals surface area contributed by atoms with Crippen molar-refractivity contribution >= 4 is 0 Å². The van der Waals surface area contributed by atoms with E-state index in [4.69, 9.17) is 9.47 Å². The molecule has 100 valence electrons. The van der Waals surface area contributed by atoms with Crippen LogP contribution in [-0.2, 0) is 9.47 Å². The summed E-state index contributed by atoms with van der Waals surface area (Å²) < 4.78 is 12.1. The van der Waals surface area contributed by atoms with Crippen LogP contribution in [0.4, 0.5) is 0 Å². The Bertz CT molecular complexity index is 403. The van der Waals surface area contributed by atoms with E-state index in [-0.39, 0.29) is 17.1 Å². The molecule has 1 saturated carbocycles. The van der Waals surface area contributed by atoms with E-state index in [0.717, 1.165) is 18.6 Å². The van der Waals surface area contributed by atoms with Crippen LogP contribution in [0.1, 0.15) is 40.5 Å². The quantitative estimate of drug-likeness (QED) is 0.703. The zero-order valence-electron chi connectivity index (χ0n) is 12.0. The molecular weight excluding hydrogens is 224 g/mol. The first-order chi connectivity index (χ1) is 8.40. The molecule has 2 atom stereocenters. The number of hydrogen-bond donors (Lipinski definition) is 0. The van der Waals surface area contributed by atoms with E-state index in [1.165, 1.54) is 5.57 Å². The molecule has 1 aliphatic heterocycles. The maximum absolute atomic E-state index is 6.16. The van der Waals surface area contributed by atoms with Gasteiger partial charge in [-0.3, -0.25) is 0 Å². The van der Waals surface area contributed by atoms with Crippen molar-refractivity contribution in [3.63, 3.8) is 0 Å². The summed E-state index contributed by atoms with van der Waals surface area (Å²) in [4.78, 5) is 0. The molecule has 2 nitrogen and oxygen atoms in total. The van der Waals surface area contributed by atoms with Crippen LogP contribution in [0.5, 0.6) is 0 Å². The van der Waals surface area contributed by atoms with Crippen LogP contribution in [0.3, 0.4) is 0 Å². The van der Waals surface area contributed by atoms with Crippen LogP contribution in [0.15, 0.2) is 36.1 Å². The third-order valence-corrected chi connectivity index (χ3v) is 4.18. The van der Waals surface area contributed by atoms with Crippen LogP contribution in [0, 0.1) is 5.41 Å². The van der Waals surface area contributed by atoms with E-state index in [0.29, 0.717) is 6.61 Å². The third kappa shape index (κ3) is 2.14. The Kier molecular flexibility index (Phi) is 3.41. The highest BCUT2D eigenvalue weighted by Gasteiger charge is 2.51. The molecule has 1 fully saturated rings. The molecule has 2 aliphatic rings. The SMILES string of the molecule is C=CCOC1CCC(C)(C)C2=CC=C(C)O[C@]21C. The highest BCUT2D eigenvalue weighted by molar-refractivity contribution is 5.35. The molecule has 0 radical (unpaired) electrons. The van der Waals surface area contributed by atoms with Crippen molar-refractivity contribution in [1.29, 1.82) is 0 Å². The zero-order valence-corrected chi connectivity index (χ0v) is 12.0. The van der Waals surface area contributed by atoms with Crippen molar-refractivity contribution in [3.05, 3.63) is 36.1 Å². The number of fused-ring (bicyclic) bond motifs is 1. The van der Waals surface area contributed by atoms with Gasteiger partial charge in [0, 0.05) is 0 Å². The zero-order chi connectivity index (χ0) is 13.4. The number of rotatable bonds is 3. The van der Waals surface area contributed by atoms with Crippen molar-refractivity contribution in [1.82, 2.24) is 0 Å². The van der Waals surface area contributed by atoms with Gasteiger partial charge in [-0.15, -0.1) is 6.58 Å². The van der Waals surface area contributed by atoms with Gasteiger partial charge in [-0.2, -0.15) is 0 Å². The van der Waals surface area contributed by atoms with E-state index in [1.807, 2.05) is 6.92 Å². The highest BCUT2D eigenvalue weighted by Crippen LogP contribution is 2.50. The molecule has 18 heavy (non-hydrogen) atoms. The summed E-state index contributed by atoms with van der Waals surface area (Å²) in [6, 6.07) is 0. The standard InChI is InChI=1S/C16H24O2/c1-6-11-17-14-9-10-15(3,4)13-8-7-12(2)18-16(13,14)5/h6-8,14H,1,9-11H2,2-5H3/t14?,16-/m1/s1. The number of ether oxygens (including phenoxy) is 2. The van der Waals surface area contributed by atoms with E-state index in [9.17, 15) is 0 Å². The van der Waals surface area contributed by atoms with Crippen molar-refractivity contribution in [2.45, 2.75) is 52.2 Å². The van der Waals surface area contributed by atoms with Gasteiger partial charge in [0.2, 0.25) is 0 Å². The summed E-state index contributed by atoms with van der Waals surface area (Å²) in [5, 5.41) is 0. The van der Waals surface area contributed by atoms with E-state index in [2.05, 4.69) is 39.5 Å². The first-order valence-corrected chi connectivity index (χ1v) is 6.71. The van der Waals surface area contributed by atoms with E-state index in [1.54, 1.807) is 6.08 Å². The van der Waals surface area contributed by atoms with Gasteiger partial charge in [0.1, 0.15) is 6.10 Å². The summed E-state index contributed by atoms with van der Waals surface area (Å²) >= 11 is 0. The Morgan fingerprint density at radius 1 is 1.44 bits per heavy atom. The molecule has 1 heterocycles. The average molecular weight is 248 g/mol. The largest absolute Gasteiger partial charge is 0.485 e. The minimum absolute atomic E-state index is 0.110. The lowest BCUT2D eigenvalue weighted by Gasteiger charge is -2.51. The summed E-state index contributed by atoms with van der Waals surface area (Å²) in [5.74, 6) is 0.964. The summed E-state index contributed by atoms with van der Waals surface area (Å²) in [6.07, 6.45) is 8.36. The Morgan fingerprint density at radius 3 is 2.83 bits per heavy atom. The van der Waals surface area contributed by atoms with Crippen molar-refractivity contribution in [2.24, 2.45) is 5.41 Å². The monoisotopic (exact) mass is 248 g/mol. The van der Waals surface area contributed by atoms with Crippen molar-refractivity contribution < 1.29 is 9.47 Å². The molecule has 2 rings (SSSR count). The normalized spacial score (nSPS) is 33.9. The predicted molar refractivity (Wildman–Crippen MR) is 74.3 cm³/mol. The molecule has 0 aromatic rings. The van der Waals surface area contributed by atoms with Crippen LogP contribution in [0.25, 0.3) is 0 Å². The lowest BCUT2D eigenvalue weighted by molar-refractivity contribution is -0.117. The fraction of sp³-hybridized carbons (Fsp3) is 0.625. The maximum Gasteiger partial charge on any atom is 0.153 e. The lowest BCUT2D eigenvalue weighted by Crippen LogP contribution is -2.53. The second-order valence-electron chi connectivity index (χ2n) is 6.10. The smallest absolute Gasteiger partial charge is 0.153 e. The predicted octanol–water partition coefficient (Wildman–Crippen LogP) is 4.00. The van der Waals surface area contributed by atoms with Gasteiger partial charge in [0.15, 0.2) is 5.60 Å². The maximum atomic E-state index is 6.16. The van der Waals surface area contributed by atoms with Gasteiger partial charge in [-0.25, -0.2) is 0 Å². The molecule has 1 aliphatic carbocycles. The molecule has 0 spiro atoms. The van der Waals surface area contributed by atoms with Gasteiger partial charge in [-0.1, -0.05) is 26.0 Å². The minimum atomic E-state index is -0.330. The third-order valence-electron chi connectivity index (χ3n) is 4.18. The number of hydrogen-bond acceptors (Lipinski definition) is 2. The van der Waals surface area contributed by atoms with E-state index < -0.39 is 0 Å². The molecular formula is C16H24O2. The van der Waals surface area contributed by atoms with Crippen LogP contribution in [0.2, 0.25) is 0 Å².